The molecule has 0 atom stereocenters. The van der Waals surface area contributed by atoms with E-state index in [4.69, 9.17) is 0 Å². The Morgan fingerprint density at radius 3 is 2.18 bits per heavy atom. The first-order chi connectivity index (χ1) is 10.7. The van der Waals surface area contributed by atoms with Crippen molar-refractivity contribution in [3.05, 3.63) is 72.3 Å². The van der Waals surface area contributed by atoms with Crippen LogP contribution in [-0.2, 0) is 6.54 Å². The normalized spacial score (nSPS) is 10.2. The number of rotatable bonds is 7. The van der Waals surface area contributed by atoms with Crippen LogP contribution in [-0.4, -0.2) is 19.5 Å². The van der Waals surface area contributed by atoms with Gasteiger partial charge in [-0.25, -0.2) is 0 Å². The fraction of sp³-hybridized carbons (Fsp3) is 0.211. The van der Waals surface area contributed by atoms with Crippen molar-refractivity contribution in [2.75, 3.05) is 13.6 Å². The number of carbonyl (C=O) groups is 1. The maximum Gasteiger partial charge on any atom is 0.251 e. The van der Waals surface area contributed by atoms with Gasteiger partial charge in [0.15, 0.2) is 0 Å². The number of hydrogen-bond donors (Lipinski definition) is 2. The third kappa shape index (κ3) is 4.30. The lowest BCUT2D eigenvalue weighted by Crippen LogP contribution is -2.17. The van der Waals surface area contributed by atoms with Crippen molar-refractivity contribution < 1.29 is 4.79 Å². The maximum absolute atomic E-state index is 11.5. The Hall–Kier alpha value is -2.39. The van der Waals surface area contributed by atoms with Gasteiger partial charge in [0.2, 0.25) is 0 Å². The maximum atomic E-state index is 11.5. The van der Waals surface area contributed by atoms with Gasteiger partial charge in [-0.2, -0.15) is 0 Å². The fourth-order valence-corrected chi connectivity index (χ4v) is 2.21. The predicted octanol–water partition coefficient (Wildman–Crippen LogP) is 3.38. The van der Waals surface area contributed by atoms with Gasteiger partial charge in [0, 0.05) is 19.2 Å². The SMILES string of the molecule is C=CCCNCc1ccc(-c2ccc(C(=O)NC)cc2)cc1. The quantitative estimate of drug-likeness (QED) is 0.607. The zero-order valence-corrected chi connectivity index (χ0v) is 12.9. The van der Waals surface area contributed by atoms with E-state index in [9.17, 15) is 4.79 Å². The van der Waals surface area contributed by atoms with Gasteiger partial charge in [0.25, 0.3) is 5.91 Å². The third-order valence-corrected chi connectivity index (χ3v) is 3.52. The molecule has 0 aliphatic carbocycles. The van der Waals surface area contributed by atoms with Gasteiger partial charge < -0.3 is 10.6 Å². The summed E-state index contributed by atoms with van der Waals surface area (Å²) in [5.74, 6) is -0.0625. The molecule has 2 N–H and O–H groups in total. The second-order valence-corrected chi connectivity index (χ2v) is 5.11. The van der Waals surface area contributed by atoms with Crippen LogP contribution >= 0.6 is 0 Å². The van der Waals surface area contributed by atoms with Gasteiger partial charge >= 0.3 is 0 Å². The van der Waals surface area contributed by atoms with Crippen molar-refractivity contribution in [3.8, 4) is 11.1 Å². The topological polar surface area (TPSA) is 41.1 Å². The molecular weight excluding hydrogens is 272 g/mol. The Kier molecular flexibility index (Phi) is 5.92. The number of nitrogens with one attached hydrogen (secondary N) is 2. The first-order valence-electron chi connectivity index (χ1n) is 7.47. The molecule has 1 amide bonds. The molecule has 2 aromatic carbocycles. The molecule has 3 heteroatoms. The van der Waals surface area contributed by atoms with Gasteiger partial charge in [-0.05, 0) is 41.8 Å². The first-order valence-corrected chi connectivity index (χ1v) is 7.47. The Balaban J connectivity index is 2.00. The molecule has 3 nitrogen and oxygen atoms in total. The molecule has 0 heterocycles. The van der Waals surface area contributed by atoms with Crippen LogP contribution in [0.2, 0.25) is 0 Å². The van der Waals surface area contributed by atoms with E-state index in [1.165, 1.54) is 5.56 Å². The van der Waals surface area contributed by atoms with Crippen molar-refractivity contribution >= 4 is 5.91 Å². The van der Waals surface area contributed by atoms with Crippen molar-refractivity contribution in [1.82, 2.24) is 10.6 Å². The van der Waals surface area contributed by atoms with Crippen LogP contribution in [0.3, 0.4) is 0 Å². The number of amides is 1. The molecule has 0 aromatic heterocycles. The van der Waals surface area contributed by atoms with Crippen molar-refractivity contribution in [1.29, 1.82) is 0 Å². The van der Waals surface area contributed by atoms with Crippen LogP contribution in [0, 0.1) is 0 Å². The van der Waals surface area contributed by atoms with E-state index in [1.54, 1.807) is 7.05 Å². The molecule has 114 valence electrons. The number of hydrogen-bond acceptors (Lipinski definition) is 2. The second-order valence-electron chi connectivity index (χ2n) is 5.11. The van der Waals surface area contributed by atoms with Crippen LogP contribution in [0.4, 0.5) is 0 Å². The molecule has 0 aliphatic heterocycles. The van der Waals surface area contributed by atoms with E-state index in [2.05, 4.69) is 41.5 Å². The molecule has 0 saturated carbocycles. The highest BCUT2D eigenvalue weighted by Crippen LogP contribution is 2.20. The highest BCUT2D eigenvalue weighted by atomic mass is 16.1. The van der Waals surface area contributed by atoms with E-state index in [0.29, 0.717) is 5.56 Å². The average Bonchev–Trinajstić information content (AvgIpc) is 2.59. The number of benzene rings is 2. The molecule has 0 fully saturated rings. The first kappa shape index (κ1) is 16.0. The lowest BCUT2D eigenvalue weighted by Gasteiger charge is -2.07. The second kappa shape index (κ2) is 8.15. The lowest BCUT2D eigenvalue weighted by atomic mass is 10.0. The van der Waals surface area contributed by atoms with Gasteiger partial charge in [-0.1, -0.05) is 42.5 Å². The molecule has 22 heavy (non-hydrogen) atoms. The van der Waals surface area contributed by atoms with E-state index in [1.807, 2.05) is 30.3 Å². The Bertz CT molecular complexity index is 615. The zero-order chi connectivity index (χ0) is 15.8. The summed E-state index contributed by atoms with van der Waals surface area (Å²) in [7, 11) is 1.64. The Morgan fingerprint density at radius 1 is 1.05 bits per heavy atom. The average molecular weight is 294 g/mol. The van der Waals surface area contributed by atoms with E-state index in [-0.39, 0.29) is 5.91 Å². The van der Waals surface area contributed by atoms with E-state index < -0.39 is 0 Å². The molecule has 0 bridgehead atoms. The minimum absolute atomic E-state index is 0.0625. The molecule has 0 radical (unpaired) electrons. The summed E-state index contributed by atoms with van der Waals surface area (Å²) in [5.41, 5.74) is 4.20. The molecule has 0 aliphatic rings. The zero-order valence-electron chi connectivity index (χ0n) is 12.9. The summed E-state index contributed by atoms with van der Waals surface area (Å²) in [6, 6.07) is 16.1. The minimum atomic E-state index is -0.0625. The monoisotopic (exact) mass is 294 g/mol. The predicted molar refractivity (Wildman–Crippen MR) is 91.8 cm³/mol. The Labute approximate surface area is 132 Å². The lowest BCUT2D eigenvalue weighted by molar-refractivity contribution is 0.0963. The van der Waals surface area contributed by atoms with Gasteiger partial charge in [0.1, 0.15) is 0 Å². The highest BCUT2D eigenvalue weighted by Gasteiger charge is 2.03. The van der Waals surface area contributed by atoms with Crippen LogP contribution in [0.1, 0.15) is 22.3 Å². The third-order valence-electron chi connectivity index (χ3n) is 3.52. The largest absolute Gasteiger partial charge is 0.355 e. The van der Waals surface area contributed by atoms with Gasteiger partial charge in [0.05, 0.1) is 0 Å². The standard InChI is InChI=1S/C19H22N2O/c1-3-4-13-21-14-15-5-7-16(8-6-15)17-9-11-18(12-10-17)19(22)20-2/h3,5-12,21H,1,4,13-14H2,2H3,(H,20,22). The minimum Gasteiger partial charge on any atom is -0.355 e. The Morgan fingerprint density at radius 2 is 1.64 bits per heavy atom. The summed E-state index contributed by atoms with van der Waals surface area (Å²) < 4.78 is 0. The van der Waals surface area contributed by atoms with Crippen molar-refractivity contribution in [2.45, 2.75) is 13.0 Å². The van der Waals surface area contributed by atoms with Crippen LogP contribution < -0.4 is 10.6 Å². The van der Waals surface area contributed by atoms with Crippen molar-refractivity contribution in [2.24, 2.45) is 0 Å². The molecule has 2 aromatic rings. The fourth-order valence-electron chi connectivity index (χ4n) is 2.21. The number of carbonyl (C=O) groups excluding carboxylic acids is 1. The summed E-state index contributed by atoms with van der Waals surface area (Å²) >= 11 is 0. The summed E-state index contributed by atoms with van der Waals surface area (Å²) in [6.45, 7) is 5.52. The molecule has 0 unspecified atom stereocenters. The van der Waals surface area contributed by atoms with Crippen LogP contribution in [0.15, 0.2) is 61.2 Å². The van der Waals surface area contributed by atoms with Crippen LogP contribution in [0.5, 0.6) is 0 Å². The molecule has 2 rings (SSSR count). The van der Waals surface area contributed by atoms with E-state index in [0.717, 1.165) is 30.6 Å². The summed E-state index contributed by atoms with van der Waals surface area (Å²) in [6.07, 6.45) is 2.90. The van der Waals surface area contributed by atoms with Crippen molar-refractivity contribution in [3.63, 3.8) is 0 Å². The molecule has 0 saturated heterocycles. The molecular formula is C19H22N2O. The summed E-state index contributed by atoms with van der Waals surface area (Å²) in [5, 5.41) is 6.00. The van der Waals surface area contributed by atoms with Gasteiger partial charge in [-0.3, -0.25) is 4.79 Å². The van der Waals surface area contributed by atoms with Gasteiger partial charge in [-0.15, -0.1) is 6.58 Å². The van der Waals surface area contributed by atoms with E-state index >= 15 is 0 Å². The highest BCUT2D eigenvalue weighted by molar-refractivity contribution is 5.94. The smallest absolute Gasteiger partial charge is 0.251 e. The molecule has 0 spiro atoms. The summed E-state index contributed by atoms with van der Waals surface area (Å²) in [4.78, 5) is 11.5. The van der Waals surface area contributed by atoms with Crippen LogP contribution in [0.25, 0.3) is 11.1 Å².